The van der Waals surface area contributed by atoms with Crippen LogP contribution >= 0.6 is 0 Å². The van der Waals surface area contributed by atoms with E-state index in [0.29, 0.717) is 0 Å². The Morgan fingerprint density at radius 1 is 1.32 bits per heavy atom. The smallest absolute Gasteiger partial charge is 0.318 e. The average molecular weight is 329 g/mol. The molecular weight excluding hydrogens is 302 g/mol. The van der Waals surface area contributed by atoms with E-state index in [0.717, 1.165) is 0 Å². The fourth-order valence-electron chi connectivity index (χ4n) is 2.31. The predicted molar refractivity (Wildman–Crippen MR) is 84.8 cm³/mol. The number of ketones is 1. The van der Waals surface area contributed by atoms with Gasteiger partial charge in [-0.15, -0.1) is 0 Å². The molecule has 1 N–H and O–H groups in total. The lowest BCUT2D eigenvalue weighted by Crippen LogP contribution is -2.52. The Morgan fingerprint density at radius 3 is 2.27 bits per heavy atom. The van der Waals surface area contributed by atoms with Crippen molar-refractivity contribution in [1.29, 1.82) is 0 Å². The molecule has 1 aliphatic heterocycles. The normalized spacial score (nSPS) is 23.9. The number of carbonyl (C=O) groups is 3. The molecule has 2 unspecified atom stereocenters. The third kappa shape index (κ3) is 3.95. The quantitative estimate of drug-likeness (QED) is 0.471. The fraction of sp³-hybridized carbons (Fsp3) is 0.800. The van der Waals surface area contributed by atoms with Gasteiger partial charge in [0.2, 0.25) is 5.91 Å². The monoisotopic (exact) mass is 329 g/mol. The second-order valence-corrected chi connectivity index (χ2v) is 12.1. The van der Waals surface area contributed by atoms with Crippen LogP contribution in [0.25, 0.3) is 0 Å². The van der Waals surface area contributed by atoms with E-state index in [1.54, 1.807) is 0 Å². The topological polar surface area (TPSA) is 81.7 Å². The lowest BCUT2D eigenvalue weighted by Gasteiger charge is -2.40. The Hall–Kier alpha value is -1.21. The van der Waals surface area contributed by atoms with E-state index in [9.17, 15) is 14.4 Å². The highest BCUT2D eigenvalue weighted by Crippen LogP contribution is 2.39. The average Bonchev–Trinajstić information content (AvgIpc) is 2.67. The Morgan fingerprint density at radius 2 is 1.86 bits per heavy atom. The second-order valence-electron chi connectivity index (χ2n) is 7.33. The minimum atomic E-state index is -2.12. The van der Waals surface area contributed by atoms with E-state index in [2.05, 4.69) is 39.2 Å². The van der Waals surface area contributed by atoms with Crippen LogP contribution in [0.2, 0.25) is 18.1 Å². The molecular formula is C15H27NO5Si. The van der Waals surface area contributed by atoms with Gasteiger partial charge >= 0.3 is 5.97 Å². The molecule has 1 saturated heterocycles. The summed E-state index contributed by atoms with van der Waals surface area (Å²) in [5.41, 5.74) is 0. The molecule has 0 saturated carbocycles. The van der Waals surface area contributed by atoms with Crippen molar-refractivity contribution < 1.29 is 23.5 Å². The maximum atomic E-state index is 11.9. The van der Waals surface area contributed by atoms with Crippen molar-refractivity contribution in [2.24, 2.45) is 5.92 Å². The van der Waals surface area contributed by atoms with Crippen molar-refractivity contribution in [1.82, 2.24) is 5.32 Å². The summed E-state index contributed by atoms with van der Waals surface area (Å²) in [6.45, 7) is 11.8. The Kier molecular flexibility index (Phi) is 5.56. The highest BCUT2D eigenvalue weighted by Gasteiger charge is 2.48. The standard InChI is InChI=1S/C15H27NO5Si/c1-9(17)12(14(19)20-5)13-10(8-11(18)16-13)21-22(6,7)15(2,3)4/h10,12-13H,8H2,1-7H3,(H,16,18)/t10-,12?,13?/m1/s1. The summed E-state index contributed by atoms with van der Waals surface area (Å²) in [4.78, 5) is 35.6. The molecule has 6 nitrogen and oxygen atoms in total. The van der Waals surface area contributed by atoms with Crippen LogP contribution in [0.4, 0.5) is 0 Å². The number of rotatable bonds is 5. The number of ether oxygens (including phenoxy) is 1. The zero-order valence-corrected chi connectivity index (χ0v) is 15.5. The molecule has 0 aromatic heterocycles. The van der Waals surface area contributed by atoms with E-state index in [1.807, 2.05) is 0 Å². The van der Waals surface area contributed by atoms with Gasteiger partial charge in [0.25, 0.3) is 0 Å². The third-order valence-corrected chi connectivity index (χ3v) is 9.12. The molecule has 1 aliphatic rings. The minimum absolute atomic E-state index is 0.0276. The van der Waals surface area contributed by atoms with Gasteiger partial charge in [0.05, 0.1) is 25.7 Å². The summed E-state index contributed by atoms with van der Waals surface area (Å²) in [6.07, 6.45) is -0.320. The van der Waals surface area contributed by atoms with Gasteiger partial charge in [-0.1, -0.05) is 20.8 Å². The van der Waals surface area contributed by atoms with E-state index < -0.39 is 32.4 Å². The molecule has 0 bridgehead atoms. The molecule has 0 aliphatic carbocycles. The molecule has 0 aromatic rings. The molecule has 0 aromatic carbocycles. The van der Waals surface area contributed by atoms with Gasteiger partial charge in [-0.2, -0.15) is 0 Å². The van der Waals surface area contributed by atoms with Crippen molar-refractivity contribution in [3.63, 3.8) is 0 Å². The predicted octanol–water partition coefficient (Wildman–Crippen LogP) is 1.64. The third-order valence-electron chi connectivity index (χ3n) is 4.62. The molecule has 1 fully saturated rings. The van der Waals surface area contributed by atoms with Crippen molar-refractivity contribution >= 4 is 26.0 Å². The van der Waals surface area contributed by atoms with Gasteiger partial charge in [-0.25, -0.2) is 0 Å². The first kappa shape index (κ1) is 18.8. The molecule has 1 rings (SSSR count). The number of esters is 1. The molecule has 1 amide bonds. The summed E-state index contributed by atoms with van der Waals surface area (Å²) in [7, 11) is -0.888. The van der Waals surface area contributed by atoms with Gasteiger partial charge in [-0.3, -0.25) is 14.4 Å². The van der Waals surface area contributed by atoms with Crippen LogP contribution in [0, 0.1) is 5.92 Å². The van der Waals surface area contributed by atoms with Gasteiger partial charge < -0.3 is 14.5 Å². The van der Waals surface area contributed by atoms with Crippen molar-refractivity contribution in [2.75, 3.05) is 7.11 Å². The summed E-state index contributed by atoms with van der Waals surface area (Å²) in [5.74, 6) is -2.19. The second kappa shape index (κ2) is 6.50. The van der Waals surface area contributed by atoms with Crippen LogP contribution in [-0.2, 0) is 23.5 Å². The molecule has 0 radical (unpaired) electrons. The summed E-state index contributed by atoms with van der Waals surface area (Å²) < 4.78 is 11.0. The first-order valence-electron chi connectivity index (χ1n) is 7.46. The Balaban J connectivity index is 3.05. The Labute approximate surface area is 133 Å². The summed E-state index contributed by atoms with van der Waals surface area (Å²) in [5, 5.41) is 2.68. The number of carbonyl (C=O) groups excluding carboxylic acids is 3. The largest absolute Gasteiger partial charge is 0.468 e. The minimum Gasteiger partial charge on any atom is -0.468 e. The van der Waals surface area contributed by atoms with Gasteiger partial charge in [0.15, 0.2) is 8.32 Å². The van der Waals surface area contributed by atoms with Crippen molar-refractivity contribution in [2.45, 2.75) is 64.4 Å². The maximum Gasteiger partial charge on any atom is 0.318 e. The first-order valence-corrected chi connectivity index (χ1v) is 10.4. The summed E-state index contributed by atoms with van der Waals surface area (Å²) in [6, 6.07) is -0.661. The van der Waals surface area contributed by atoms with Crippen LogP contribution in [0.1, 0.15) is 34.1 Å². The molecule has 7 heteroatoms. The van der Waals surface area contributed by atoms with E-state index in [1.165, 1.54) is 14.0 Å². The van der Waals surface area contributed by atoms with Crippen molar-refractivity contribution in [3.05, 3.63) is 0 Å². The van der Waals surface area contributed by atoms with Crippen LogP contribution in [0.15, 0.2) is 0 Å². The SMILES string of the molecule is COC(=O)C(C(C)=O)C1NC(=O)C[C@H]1O[Si](C)(C)C(C)(C)C. The Bertz CT molecular complexity index is 469. The number of hydrogen-bond donors (Lipinski definition) is 1. The van der Waals surface area contributed by atoms with E-state index in [-0.39, 0.29) is 23.1 Å². The lowest BCUT2D eigenvalue weighted by molar-refractivity contribution is -0.151. The van der Waals surface area contributed by atoms with E-state index in [4.69, 9.17) is 9.16 Å². The maximum absolute atomic E-state index is 11.9. The zero-order chi connectivity index (χ0) is 17.3. The van der Waals surface area contributed by atoms with Crippen LogP contribution < -0.4 is 5.32 Å². The van der Waals surface area contributed by atoms with Crippen LogP contribution in [-0.4, -0.2) is 45.2 Å². The number of hydrogen-bond acceptors (Lipinski definition) is 5. The molecule has 3 atom stereocenters. The molecule has 126 valence electrons. The number of methoxy groups -OCH3 is 1. The highest BCUT2D eigenvalue weighted by molar-refractivity contribution is 6.74. The van der Waals surface area contributed by atoms with Gasteiger partial charge in [0, 0.05) is 0 Å². The van der Waals surface area contributed by atoms with E-state index >= 15 is 0 Å². The van der Waals surface area contributed by atoms with Gasteiger partial charge in [-0.05, 0) is 25.1 Å². The summed E-state index contributed by atoms with van der Waals surface area (Å²) >= 11 is 0. The first-order chi connectivity index (χ1) is 9.90. The highest BCUT2D eigenvalue weighted by atomic mass is 28.4. The molecule has 22 heavy (non-hydrogen) atoms. The lowest BCUT2D eigenvalue weighted by atomic mass is 9.93. The number of nitrogens with one attached hydrogen (secondary N) is 1. The molecule has 0 spiro atoms. The van der Waals surface area contributed by atoms with Crippen molar-refractivity contribution in [3.8, 4) is 0 Å². The fourth-order valence-corrected chi connectivity index (χ4v) is 3.65. The number of amides is 1. The van der Waals surface area contributed by atoms with Crippen LogP contribution in [0.3, 0.4) is 0 Å². The zero-order valence-electron chi connectivity index (χ0n) is 14.5. The number of Topliss-reactive ketones (excluding diaryl/α,β-unsaturated/α-hetero) is 1. The van der Waals surface area contributed by atoms with Crippen LogP contribution in [0.5, 0.6) is 0 Å². The molecule has 1 heterocycles. The van der Waals surface area contributed by atoms with Gasteiger partial charge in [0.1, 0.15) is 11.7 Å².